The molecule has 0 aliphatic heterocycles. The van der Waals surface area contributed by atoms with E-state index in [2.05, 4.69) is 15.9 Å². The van der Waals surface area contributed by atoms with Crippen molar-refractivity contribution in [2.75, 3.05) is 14.2 Å². The minimum atomic E-state index is -0.985. The molecule has 0 aromatic heterocycles. The second-order valence-corrected chi connectivity index (χ2v) is 5.56. The van der Waals surface area contributed by atoms with Crippen LogP contribution in [0.1, 0.15) is 25.5 Å². The Morgan fingerprint density at radius 3 is 2.47 bits per heavy atom. The van der Waals surface area contributed by atoms with Gasteiger partial charge in [-0.15, -0.1) is 0 Å². The summed E-state index contributed by atoms with van der Waals surface area (Å²) in [6.45, 7) is 3.32. The van der Waals surface area contributed by atoms with E-state index >= 15 is 0 Å². The van der Waals surface area contributed by atoms with Gasteiger partial charge in [-0.2, -0.15) is 0 Å². The van der Waals surface area contributed by atoms with Gasteiger partial charge in [0.1, 0.15) is 0 Å². The summed E-state index contributed by atoms with van der Waals surface area (Å²) in [7, 11) is 2.75. The van der Waals surface area contributed by atoms with E-state index in [1.54, 1.807) is 26.0 Å². The van der Waals surface area contributed by atoms with E-state index in [9.17, 15) is 9.90 Å². The second-order valence-electron chi connectivity index (χ2n) is 4.70. The van der Waals surface area contributed by atoms with E-state index in [1.807, 2.05) is 0 Å². The third-order valence-corrected chi connectivity index (χ3v) is 3.84. The number of carbonyl (C=O) groups excluding carboxylic acids is 1. The van der Waals surface area contributed by atoms with Gasteiger partial charge in [-0.3, -0.25) is 4.79 Å². The lowest BCUT2D eigenvalue weighted by Crippen LogP contribution is -2.37. The zero-order valence-corrected chi connectivity index (χ0v) is 12.9. The van der Waals surface area contributed by atoms with E-state index in [0.717, 1.165) is 0 Å². The SMILES string of the molecule is COC(=O)C(C)(C)[C@H](N)c1c(Br)ccc(OC)c1O. The molecule has 0 saturated heterocycles. The monoisotopic (exact) mass is 331 g/mol. The van der Waals surface area contributed by atoms with Crippen LogP contribution in [0.15, 0.2) is 16.6 Å². The van der Waals surface area contributed by atoms with E-state index < -0.39 is 17.4 Å². The number of phenols is 1. The zero-order chi connectivity index (χ0) is 14.8. The van der Waals surface area contributed by atoms with Crippen molar-refractivity contribution < 1.29 is 19.4 Å². The van der Waals surface area contributed by atoms with Crippen molar-refractivity contribution in [1.29, 1.82) is 0 Å². The second kappa shape index (κ2) is 5.79. The lowest BCUT2D eigenvalue weighted by molar-refractivity contribution is -0.152. The highest BCUT2D eigenvalue weighted by Gasteiger charge is 2.39. The van der Waals surface area contributed by atoms with Crippen LogP contribution in [-0.2, 0) is 9.53 Å². The smallest absolute Gasteiger partial charge is 0.313 e. The largest absolute Gasteiger partial charge is 0.504 e. The maximum absolute atomic E-state index is 11.8. The van der Waals surface area contributed by atoms with Crippen LogP contribution >= 0.6 is 15.9 Å². The van der Waals surface area contributed by atoms with Crippen molar-refractivity contribution in [1.82, 2.24) is 0 Å². The van der Waals surface area contributed by atoms with Crippen LogP contribution in [0.2, 0.25) is 0 Å². The molecular weight excluding hydrogens is 314 g/mol. The molecule has 0 aliphatic rings. The molecule has 0 bridgehead atoms. The average molecular weight is 332 g/mol. The summed E-state index contributed by atoms with van der Waals surface area (Å²) in [4.78, 5) is 11.8. The van der Waals surface area contributed by atoms with Crippen molar-refractivity contribution in [3.63, 3.8) is 0 Å². The summed E-state index contributed by atoms with van der Waals surface area (Å²) < 4.78 is 10.4. The van der Waals surface area contributed by atoms with Gasteiger partial charge in [0.15, 0.2) is 11.5 Å². The maximum Gasteiger partial charge on any atom is 0.313 e. The van der Waals surface area contributed by atoms with Gasteiger partial charge in [0.25, 0.3) is 0 Å². The first kappa shape index (κ1) is 15.8. The zero-order valence-electron chi connectivity index (χ0n) is 11.4. The van der Waals surface area contributed by atoms with Gasteiger partial charge in [-0.05, 0) is 26.0 Å². The molecule has 0 saturated carbocycles. The Kier molecular flexibility index (Phi) is 4.81. The van der Waals surface area contributed by atoms with Gasteiger partial charge < -0.3 is 20.3 Å². The number of methoxy groups -OCH3 is 2. The number of aromatic hydroxyl groups is 1. The van der Waals surface area contributed by atoms with Gasteiger partial charge in [0, 0.05) is 10.0 Å². The molecule has 5 nitrogen and oxygen atoms in total. The summed E-state index contributed by atoms with van der Waals surface area (Å²) >= 11 is 3.33. The van der Waals surface area contributed by atoms with Gasteiger partial charge >= 0.3 is 5.97 Å². The van der Waals surface area contributed by atoms with Gasteiger partial charge in [-0.25, -0.2) is 0 Å². The fourth-order valence-electron chi connectivity index (χ4n) is 1.77. The molecule has 0 heterocycles. The van der Waals surface area contributed by atoms with Gasteiger partial charge in [-0.1, -0.05) is 15.9 Å². The number of ether oxygens (including phenoxy) is 2. The molecular formula is C13H18BrNO4. The van der Waals surface area contributed by atoms with Crippen LogP contribution < -0.4 is 10.5 Å². The first-order chi connectivity index (χ1) is 8.77. The molecule has 1 aromatic carbocycles. The van der Waals surface area contributed by atoms with Crippen molar-refractivity contribution in [2.24, 2.45) is 11.1 Å². The van der Waals surface area contributed by atoms with Crippen LogP contribution in [0.4, 0.5) is 0 Å². The number of rotatable bonds is 4. The number of hydrogen-bond acceptors (Lipinski definition) is 5. The molecule has 3 N–H and O–H groups in total. The lowest BCUT2D eigenvalue weighted by atomic mass is 9.80. The standard InChI is InChI=1S/C13H18BrNO4/c1-13(2,12(17)19-4)11(15)9-7(14)5-6-8(18-3)10(9)16/h5-6,11,16H,15H2,1-4H3/t11-/m1/s1. The number of halogens is 1. The third-order valence-electron chi connectivity index (χ3n) is 3.15. The summed E-state index contributed by atoms with van der Waals surface area (Å²) in [6.07, 6.45) is 0. The summed E-state index contributed by atoms with van der Waals surface area (Å²) in [6, 6.07) is 2.58. The summed E-state index contributed by atoms with van der Waals surface area (Å²) in [5.74, 6) is -0.232. The Morgan fingerprint density at radius 2 is 2.00 bits per heavy atom. The van der Waals surface area contributed by atoms with E-state index in [4.69, 9.17) is 15.2 Å². The quantitative estimate of drug-likeness (QED) is 0.827. The average Bonchev–Trinajstić information content (AvgIpc) is 2.37. The highest BCUT2D eigenvalue weighted by molar-refractivity contribution is 9.10. The van der Waals surface area contributed by atoms with E-state index in [1.165, 1.54) is 14.2 Å². The normalized spacial score (nSPS) is 12.9. The number of carbonyl (C=O) groups is 1. The number of esters is 1. The van der Waals surface area contributed by atoms with Crippen LogP contribution in [-0.4, -0.2) is 25.3 Å². The molecule has 0 unspecified atom stereocenters. The predicted molar refractivity (Wildman–Crippen MR) is 75.1 cm³/mol. The van der Waals surface area contributed by atoms with Crippen LogP contribution in [0.3, 0.4) is 0 Å². The number of nitrogens with two attached hydrogens (primary N) is 1. The minimum Gasteiger partial charge on any atom is -0.504 e. The molecule has 0 amide bonds. The molecule has 0 spiro atoms. The van der Waals surface area contributed by atoms with Gasteiger partial charge in [0.2, 0.25) is 0 Å². The molecule has 0 fully saturated rings. The van der Waals surface area contributed by atoms with Crippen molar-refractivity contribution in [2.45, 2.75) is 19.9 Å². The number of hydrogen-bond donors (Lipinski definition) is 2. The molecule has 19 heavy (non-hydrogen) atoms. The third kappa shape index (κ3) is 2.84. The topological polar surface area (TPSA) is 81.8 Å². The lowest BCUT2D eigenvalue weighted by Gasteiger charge is -2.30. The maximum atomic E-state index is 11.8. The Morgan fingerprint density at radius 1 is 1.42 bits per heavy atom. The number of benzene rings is 1. The first-order valence-electron chi connectivity index (χ1n) is 5.66. The van der Waals surface area contributed by atoms with Crippen molar-refractivity contribution >= 4 is 21.9 Å². The van der Waals surface area contributed by atoms with E-state index in [-0.39, 0.29) is 5.75 Å². The Hall–Kier alpha value is -1.27. The molecule has 0 radical (unpaired) electrons. The molecule has 1 rings (SSSR count). The molecule has 1 aromatic rings. The Bertz CT molecular complexity index is 488. The molecule has 0 aliphatic carbocycles. The highest BCUT2D eigenvalue weighted by Crippen LogP contribution is 2.44. The first-order valence-corrected chi connectivity index (χ1v) is 6.46. The van der Waals surface area contributed by atoms with Gasteiger partial charge in [0.05, 0.1) is 25.7 Å². The fourth-order valence-corrected chi connectivity index (χ4v) is 2.34. The molecule has 106 valence electrons. The summed E-state index contributed by atoms with van der Waals surface area (Å²) in [5, 5.41) is 10.2. The Balaban J connectivity index is 3.34. The van der Waals surface area contributed by atoms with Crippen molar-refractivity contribution in [3.8, 4) is 11.5 Å². The summed E-state index contributed by atoms with van der Waals surface area (Å²) in [5.41, 5.74) is 5.55. The van der Waals surface area contributed by atoms with E-state index in [0.29, 0.717) is 15.8 Å². The Labute approximate surface area is 120 Å². The number of phenolic OH excluding ortho intramolecular Hbond substituents is 1. The predicted octanol–water partition coefficient (Wildman–Crippen LogP) is 2.36. The fraction of sp³-hybridized carbons (Fsp3) is 0.462. The highest BCUT2D eigenvalue weighted by atomic mass is 79.9. The van der Waals surface area contributed by atoms with Crippen LogP contribution in [0.5, 0.6) is 11.5 Å². The molecule has 1 atom stereocenters. The van der Waals surface area contributed by atoms with Crippen LogP contribution in [0.25, 0.3) is 0 Å². The molecule has 6 heteroatoms. The minimum absolute atomic E-state index is 0.0821. The van der Waals surface area contributed by atoms with Crippen molar-refractivity contribution in [3.05, 3.63) is 22.2 Å². The van der Waals surface area contributed by atoms with Crippen LogP contribution in [0, 0.1) is 5.41 Å².